The Bertz CT molecular complexity index is 686. The van der Waals surface area contributed by atoms with Gasteiger partial charge in [0.2, 0.25) is 5.91 Å². The molecular formula is C20H26N2O3. The van der Waals surface area contributed by atoms with Gasteiger partial charge < -0.3 is 20.1 Å². The molecule has 0 aromatic heterocycles. The van der Waals surface area contributed by atoms with E-state index in [1.54, 1.807) is 13.2 Å². The molecule has 0 saturated heterocycles. The van der Waals surface area contributed by atoms with Crippen LogP contribution in [-0.4, -0.2) is 26.2 Å². The van der Waals surface area contributed by atoms with Crippen molar-refractivity contribution >= 4 is 17.3 Å². The lowest BCUT2D eigenvalue weighted by Gasteiger charge is -2.11. The van der Waals surface area contributed by atoms with Gasteiger partial charge in [-0.25, -0.2) is 0 Å². The van der Waals surface area contributed by atoms with Gasteiger partial charge in [0.15, 0.2) is 0 Å². The van der Waals surface area contributed by atoms with Crippen molar-refractivity contribution in [2.24, 2.45) is 5.92 Å². The van der Waals surface area contributed by atoms with E-state index in [1.807, 2.05) is 42.5 Å². The summed E-state index contributed by atoms with van der Waals surface area (Å²) in [5, 5.41) is 5.95. The molecule has 2 N–H and O–H groups in total. The molecule has 2 aromatic rings. The van der Waals surface area contributed by atoms with Crippen molar-refractivity contribution in [2.75, 3.05) is 30.9 Å². The number of amides is 1. The number of rotatable bonds is 9. The highest BCUT2D eigenvalue weighted by atomic mass is 16.5. The van der Waals surface area contributed by atoms with Gasteiger partial charge in [0, 0.05) is 23.5 Å². The van der Waals surface area contributed by atoms with E-state index in [4.69, 9.17) is 9.47 Å². The van der Waals surface area contributed by atoms with E-state index in [0.717, 1.165) is 17.9 Å². The molecule has 2 aromatic carbocycles. The molecule has 2 rings (SSSR count). The third-order valence-electron chi connectivity index (χ3n) is 3.60. The summed E-state index contributed by atoms with van der Waals surface area (Å²) in [6, 6.07) is 14.9. The molecular weight excluding hydrogens is 316 g/mol. The molecule has 1 amide bonds. The minimum absolute atomic E-state index is 0.126. The van der Waals surface area contributed by atoms with Crippen molar-refractivity contribution in [3.8, 4) is 11.5 Å². The highest BCUT2D eigenvalue weighted by Crippen LogP contribution is 2.19. The number of methoxy groups -OCH3 is 1. The summed E-state index contributed by atoms with van der Waals surface area (Å²) >= 11 is 0. The van der Waals surface area contributed by atoms with Gasteiger partial charge in [-0.2, -0.15) is 0 Å². The number of benzene rings is 2. The van der Waals surface area contributed by atoms with Crippen LogP contribution in [0.2, 0.25) is 0 Å². The second-order valence-corrected chi connectivity index (χ2v) is 6.19. The smallest absolute Gasteiger partial charge is 0.243 e. The molecule has 25 heavy (non-hydrogen) atoms. The number of nitrogens with one attached hydrogen (secondary N) is 2. The zero-order valence-electron chi connectivity index (χ0n) is 15.0. The summed E-state index contributed by atoms with van der Waals surface area (Å²) in [4.78, 5) is 12.1. The van der Waals surface area contributed by atoms with E-state index in [0.29, 0.717) is 24.0 Å². The van der Waals surface area contributed by atoms with E-state index in [-0.39, 0.29) is 12.5 Å². The largest absolute Gasteiger partial charge is 0.497 e. The molecule has 0 aliphatic carbocycles. The summed E-state index contributed by atoms with van der Waals surface area (Å²) in [6.45, 7) is 5.20. The lowest BCUT2D eigenvalue weighted by atomic mass is 10.1. The fourth-order valence-electron chi connectivity index (χ4n) is 2.20. The van der Waals surface area contributed by atoms with Crippen LogP contribution in [0, 0.1) is 5.92 Å². The first kappa shape index (κ1) is 18.6. The van der Waals surface area contributed by atoms with Crippen molar-refractivity contribution < 1.29 is 14.3 Å². The van der Waals surface area contributed by atoms with Crippen LogP contribution in [-0.2, 0) is 4.79 Å². The second kappa shape index (κ2) is 9.57. The third-order valence-corrected chi connectivity index (χ3v) is 3.60. The summed E-state index contributed by atoms with van der Waals surface area (Å²) in [6.07, 6.45) is 1.01. The Balaban J connectivity index is 1.82. The molecule has 0 aliphatic heterocycles. The summed E-state index contributed by atoms with van der Waals surface area (Å²) in [5.41, 5.74) is 1.56. The van der Waals surface area contributed by atoms with Crippen molar-refractivity contribution in [3.05, 3.63) is 48.5 Å². The molecule has 0 aliphatic rings. The number of anilines is 2. The topological polar surface area (TPSA) is 59.6 Å². The van der Waals surface area contributed by atoms with E-state index in [9.17, 15) is 4.79 Å². The van der Waals surface area contributed by atoms with Gasteiger partial charge in [-0.05, 0) is 36.6 Å². The number of ether oxygens (including phenoxy) is 2. The quantitative estimate of drug-likeness (QED) is 0.718. The fraction of sp³-hybridized carbons (Fsp3) is 0.350. The van der Waals surface area contributed by atoms with Crippen LogP contribution in [0.3, 0.4) is 0 Å². The molecule has 0 atom stereocenters. The lowest BCUT2D eigenvalue weighted by molar-refractivity contribution is -0.114. The van der Waals surface area contributed by atoms with Crippen molar-refractivity contribution in [3.63, 3.8) is 0 Å². The molecule has 0 unspecified atom stereocenters. The molecule has 0 heterocycles. The van der Waals surface area contributed by atoms with E-state index in [1.165, 1.54) is 0 Å². The lowest BCUT2D eigenvalue weighted by Crippen LogP contribution is -2.21. The molecule has 0 fully saturated rings. The van der Waals surface area contributed by atoms with Crippen molar-refractivity contribution in [1.29, 1.82) is 0 Å². The highest BCUT2D eigenvalue weighted by molar-refractivity contribution is 5.93. The van der Waals surface area contributed by atoms with Gasteiger partial charge in [0.1, 0.15) is 11.5 Å². The highest BCUT2D eigenvalue weighted by Gasteiger charge is 2.04. The van der Waals surface area contributed by atoms with E-state index >= 15 is 0 Å². The Morgan fingerprint density at radius 3 is 2.44 bits per heavy atom. The number of carbonyl (C=O) groups excluding carboxylic acids is 1. The first-order valence-electron chi connectivity index (χ1n) is 8.47. The van der Waals surface area contributed by atoms with Gasteiger partial charge in [-0.15, -0.1) is 0 Å². The van der Waals surface area contributed by atoms with Crippen LogP contribution >= 0.6 is 0 Å². The molecule has 5 nitrogen and oxygen atoms in total. The monoisotopic (exact) mass is 342 g/mol. The van der Waals surface area contributed by atoms with Crippen LogP contribution in [0.15, 0.2) is 48.5 Å². The number of carbonyl (C=O) groups is 1. The Morgan fingerprint density at radius 1 is 1.04 bits per heavy atom. The Labute approximate surface area is 149 Å². The Hall–Kier alpha value is -2.69. The van der Waals surface area contributed by atoms with Gasteiger partial charge in [-0.1, -0.05) is 26.0 Å². The average Bonchev–Trinajstić information content (AvgIpc) is 2.60. The van der Waals surface area contributed by atoms with Crippen LogP contribution in [0.4, 0.5) is 11.4 Å². The Kier molecular flexibility index (Phi) is 7.14. The standard InChI is InChI=1S/C20H26N2O3/c1-15(2)10-11-25-19-9-4-6-16(12-19)21-14-20(23)22-17-7-5-8-18(13-17)24-3/h4-9,12-13,15,21H,10-11,14H2,1-3H3,(H,22,23). The zero-order chi connectivity index (χ0) is 18.1. The third kappa shape index (κ3) is 6.75. The van der Waals surface area contributed by atoms with Crippen LogP contribution in [0.5, 0.6) is 11.5 Å². The molecule has 0 spiro atoms. The maximum absolute atomic E-state index is 12.1. The number of hydrogen-bond donors (Lipinski definition) is 2. The molecule has 134 valence electrons. The van der Waals surface area contributed by atoms with Gasteiger partial charge in [0.25, 0.3) is 0 Å². The maximum Gasteiger partial charge on any atom is 0.243 e. The summed E-state index contributed by atoms with van der Waals surface area (Å²) in [7, 11) is 1.60. The van der Waals surface area contributed by atoms with Crippen LogP contribution in [0.1, 0.15) is 20.3 Å². The maximum atomic E-state index is 12.1. The normalized spacial score (nSPS) is 10.4. The van der Waals surface area contributed by atoms with Gasteiger partial charge in [0.05, 0.1) is 20.3 Å². The molecule has 0 radical (unpaired) electrons. The number of hydrogen-bond acceptors (Lipinski definition) is 4. The first-order chi connectivity index (χ1) is 12.1. The summed E-state index contributed by atoms with van der Waals surface area (Å²) in [5.74, 6) is 2.00. The van der Waals surface area contributed by atoms with E-state index in [2.05, 4.69) is 24.5 Å². The van der Waals surface area contributed by atoms with Crippen molar-refractivity contribution in [2.45, 2.75) is 20.3 Å². The first-order valence-corrected chi connectivity index (χ1v) is 8.47. The van der Waals surface area contributed by atoms with Crippen LogP contribution < -0.4 is 20.1 Å². The SMILES string of the molecule is COc1cccc(NC(=O)CNc2cccc(OCCC(C)C)c2)c1. The van der Waals surface area contributed by atoms with Crippen LogP contribution in [0.25, 0.3) is 0 Å². The predicted octanol–water partition coefficient (Wildman–Crippen LogP) is 4.17. The zero-order valence-corrected chi connectivity index (χ0v) is 15.0. The molecule has 0 bridgehead atoms. The van der Waals surface area contributed by atoms with Crippen molar-refractivity contribution in [1.82, 2.24) is 0 Å². The predicted molar refractivity (Wildman–Crippen MR) is 102 cm³/mol. The second-order valence-electron chi connectivity index (χ2n) is 6.19. The minimum Gasteiger partial charge on any atom is -0.497 e. The van der Waals surface area contributed by atoms with E-state index < -0.39 is 0 Å². The fourth-order valence-corrected chi connectivity index (χ4v) is 2.20. The average molecular weight is 342 g/mol. The summed E-state index contributed by atoms with van der Waals surface area (Å²) < 4.78 is 10.9. The Morgan fingerprint density at radius 2 is 1.72 bits per heavy atom. The molecule has 0 saturated carbocycles. The van der Waals surface area contributed by atoms with Gasteiger partial charge in [-0.3, -0.25) is 4.79 Å². The molecule has 5 heteroatoms. The van der Waals surface area contributed by atoms with Gasteiger partial charge >= 0.3 is 0 Å². The minimum atomic E-state index is -0.126.